The molecule has 5 nitrogen and oxygen atoms in total. The summed E-state index contributed by atoms with van der Waals surface area (Å²) >= 11 is 1.68. The van der Waals surface area contributed by atoms with Crippen LogP contribution < -0.4 is 15.2 Å². The van der Waals surface area contributed by atoms with Crippen molar-refractivity contribution < 1.29 is 13.2 Å². The van der Waals surface area contributed by atoms with Crippen LogP contribution in [0.15, 0.2) is 23.1 Å². The number of anilines is 1. The van der Waals surface area contributed by atoms with Gasteiger partial charge in [0.25, 0.3) is 0 Å². The number of methoxy groups -OCH3 is 1. The molecular formula is C11H18N2O3S2. The van der Waals surface area contributed by atoms with E-state index in [4.69, 9.17) is 10.5 Å². The number of thioether (sulfide) groups is 1. The first kappa shape index (κ1) is 15.1. The number of nitrogen functional groups attached to an aromatic ring is 1. The predicted molar refractivity (Wildman–Crippen MR) is 75.6 cm³/mol. The molecule has 0 bridgehead atoms. The van der Waals surface area contributed by atoms with E-state index in [1.165, 1.54) is 19.2 Å². The zero-order chi connectivity index (χ0) is 13.6. The van der Waals surface area contributed by atoms with Crippen molar-refractivity contribution in [2.24, 2.45) is 0 Å². The molecule has 0 radical (unpaired) electrons. The Kier molecular flexibility index (Phi) is 5.77. The van der Waals surface area contributed by atoms with Gasteiger partial charge in [-0.3, -0.25) is 0 Å². The van der Waals surface area contributed by atoms with Gasteiger partial charge in [-0.2, -0.15) is 11.8 Å². The van der Waals surface area contributed by atoms with Gasteiger partial charge in [0, 0.05) is 18.3 Å². The normalized spacial score (nSPS) is 11.4. The van der Waals surface area contributed by atoms with Crippen LogP contribution in [0.5, 0.6) is 5.75 Å². The van der Waals surface area contributed by atoms with Crippen molar-refractivity contribution >= 4 is 27.5 Å². The number of ether oxygens (including phenoxy) is 1. The molecule has 0 spiro atoms. The number of hydrogen-bond acceptors (Lipinski definition) is 5. The van der Waals surface area contributed by atoms with E-state index in [9.17, 15) is 8.42 Å². The summed E-state index contributed by atoms with van der Waals surface area (Å²) in [6.07, 6.45) is 2.77. The Morgan fingerprint density at radius 1 is 1.44 bits per heavy atom. The molecule has 3 N–H and O–H groups in total. The quantitative estimate of drug-likeness (QED) is 0.584. The van der Waals surface area contributed by atoms with Crippen LogP contribution in [0.3, 0.4) is 0 Å². The second-order valence-electron chi connectivity index (χ2n) is 3.65. The summed E-state index contributed by atoms with van der Waals surface area (Å²) in [6.45, 7) is 0.413. The van der Waals surface area contributed by atoms with Crippen LogP contribution in [0.1, 0.15) is 6.42 Å². The van der Waals surface area contributed by atoms with Crippen molar-refractivity contribution in [3.05, 3.63) is 18.2 Å². The number of benzene rings is 1. The molecule has 0 saturated carbocycles. The Balaban J connectivity index is 2.84. The minimum Gasteiger partial charge on any atom is -0.495 e. The second kappa shape index (κ2) is 6.86. The van der Waals surface area contributed by atoms with Crippen molar-refractivity contribution in [3.8, 4) is 5.75 Å². The molecule has 102 valence electrons. The summed E-state index contributed by atoms with van der Waals surface area (Å²) in [6, 6.07) is 4.49. The molecule has 7 heteroatoms. The lowest BCUT2D eigenvalue weighted by Crippen LogP contribution is -2.25. The molecule has 1 aromatic carbocycles. The molecule has 0 aromatic heterocycles. The van der Waals surface area contributed by atoms with E-state index in [0.29, 0.717) is 12.2 Å². The highest BCUT2D eigenvalue weighted by molar-refractivity contribution is 7.98. The van der Waals surface area contributed by atoms with Crippen LogP contribution in [0.2, 0.25) is 0 Å². The fourth-order valence-corrected chi connectivity index (χ4v) is 3.06. The highest BCUT2D eigenvalue weighted by Crippen LogP contribution is 2.25. The van der Waals surface area contributed by atoms with Crippen LogP contribution in [-0.2, 0) is 10.0 Å². The summed E-state index contributed by atoms with van der Waals surface area (Å²) in [4.78, 5) is 0.114. The molecule has 1 aromatic rings. The van der Waals surface area contributed by atoms with Crippen molar-refractivity contribution in [1.82, 2.24) is 4.72 Å². The summed E-state index contributed by atoms with van der Waals surface area (Å²) in [5.74, 6) is 1.17. The molecule has 0 aliphatic carbocycles. The monoisotopic (exact) mass is 290 g/mol. The van der Waals surface area contributed by atoms with E-state index in [1.54, 1.807) is 17.8 Å². The van der Waals surface area contributed by atoms with E-state index >= 15 is 0 Å². The predicted octanol–water partition coefficient (Wildman–Crippen LogP) is 1.31. The molecule has 18 heavy (non-hydrogen) atoms. The zero-order valence-corrected chi connectivity index (χ0v) is 12.1. The zero-order valence-electron chi connectivity index (χ0n) is 10.5. The SMILES string of the molecule is COc1cc(N)ccc1S(=O)(=O)NCCCSC. The Bertz CT molecular complexity index is 489. The molecule has 0 aliphatic heterocycles. The van der Waals surface area contributed by atoms with Gasteiger partial charge in [-0.15, -0.1) is 0 Å². The maximum Gasteiger partial charge on any atom is 0.244 e. The maximum absolute atomic E-state index is 12.0. The van der Waals surface area contributed by atoms with Crippen molar-refractivity contribution in [2.45, 2.75) is 11.3 Å². The third-order valence-corrected chi connectivity index (χ3v) is 4.49. The molecule has 0 heterocycles. The number of rotatable bonds is 7. The van der Waals surface area contributed by atoms with Gasteiger partial charge >= 0.3 is 0 Å². The van der Waals surface area contributed by atoms with E-state index in [1.807, 2.05) is 6.26 Å². The van der Waals surface area contributed by atoms with E-state index in [2.05, 4.69) is 4.72 Å². The van der Waals surface area contributed by atoms with Crippen LogP contribution in [0, 0.1) is 0 Å². The molecule has 0 fully saturated rings. The highest BCUT2D eigenvalue weighted by Gasteiger charge is 2.18. The lowest BCUT2D eigenvalue weighted by Gasteiger charge is -2.11. The topological polar surface area (TPSA) is 81.4 Å². The van der Waals surface area contributed by atoms with Gasteiger partial charge in [-0.1, -0.05) is 0 Å². The van der Waals surface area contributed by atoms with Gasteiger partial charge in [0.1, 0.15) is 10.6 Å². The first-order chi connectivity index (χ1) is 8.51. The summed E-state index contributed by atoms with van der Waals surface area (Å²) in [5, 5.41) is 0. The van der Waals surface area contributed by atoms with Gasteiger partial charge < -0.3 is 10.5 Å². The van der Waals surface area contributed by atoms with E-state index in [-0.39, 0.29) is 10.6 Å². The smallest absolute Gasteiger partial charge is 0.244 e. The number of hydrogen-bond donors (Lipinski definition) is 2. The summed E-state index contributed by atoms with van der Waals surface area (Å²) in [5.41, 5.74) is 6.05. The standard InChI is InChI=1S/C11H18N2O3S2/c1-16-10-8-9(12)4-5-11(10)18(14,15)13-6-3-7-17-2/h4-5,8,13H,3,6-7,12H2,1-2H3. The molecule has 0 amide bonds. The van der Waals surface area contributed by atoms with Crippen molar-refractivity contribution in [3.63, 3.8) is 0 Å². The largest absolute Gasteiger partial charge is 0.495 e. The second-order valence-corrected chi connectivity index (χ2v) is 6.38. The Labute approximate surface area is 112 Å². The maximum atomic E-state index is 12.0. The Morgan fingerprint density at radius 2 is 2.17 bits per heavy atom. The van der Waals surface area contributed by atoms with Gasteiger partial charge in [-0.05, 0) is 30.6 Å². The summed E-state index contributed by atoms with van der Waals surface area (Å²) < 4.78 is 31.7. The first-order valence-electron chi connectivity index (χ1n) is 5.43. The lowest BCUT2D eigenvalue weighted by atomic mass is 10.3. The van der Waals surface area contributed by atoms with Crippen LogP contribution in [0.4, 0.5) is 5.69 Å². The molecule has 0 aliphatic rings. The van der Waals surface area contributed by atoms with Crippen LogP contribution in [-0.4, -0.2) is 34.1 Å². The average Bonchev–Trinajstić information content (AvgIpc) is 2.34. The lowest BCUT2D eigenvalue weighted by molar-refractivity contribution is 0.402. The third-order valence-electron chi connectivity index (χ3n) is 2.29. The molecule has 0 saturated heterocycles. The first-order valence-corrected chi connectivity index (χ1v) is 8.31. The third kappa shape index (κ3) is 4.08. The Hall–Kier alpha value is -0.920. The minimum atomic E-state index is -3.54. The van der Waals surface area contributed by atoms with Gasteiger partial charge in [0.15, 0.2) is 0 Å². The summed E-state index contributed by atoms with van der Waals surface area (Å²) in [7, 11) is -2.12. The van der Waals surface area contributed by atoms with Crippen LogP contribution in [0.25, 0.3) is 0 Å². The number of nitrogens with two attached hydrogens (primary N) is 1. The van der Waals surface area contributed by atoms with Crippen LogP contribution >= 0.6 is 11.8 Å². The number of nitrogens with one attached hydrogen (secondary N) is 1. The fourth-order valence-electron chi connectivity index (χ4n) is 1.41. The molecule has 1 rings (SSSR count). The fraction of sp³-hybridized carbons (Fsp3) is 0.455. The number of sulfonamides is 1. The van der Waals surface area contributed by atoms with Gasteiger partial charge in [0.2, 0.25) is 10.0 Å². The highest BCUT2D eigenvalue weighted by atomic mass is 32.2. The molecular weight excluding hydrogens is 272 g/mol. The van der Waals surface area contributed by atoms with Crippen molar-refractivity contribution in [2.75, 3.05) is 31.4 Å². The van der Waals surface area contributed by atoms with E-state index < -0.39 is 10.0 Å². The Morgan fingerprint density at radius 3 is 2.78 bits per heavy atom. The molecule has 0 unspecified atom stereocenters. The molecule has 0 atom stereocenters. The minimum absolute atomic E-state index is 0.114. The van der Waals surface area contributed by atoms with E-state index in [0.717, 1.165) is 12.2 Å². The van der Waals surface area contributed by atoms with Crippen molar-refractivity contribution in [1.29, 1.82) is 0 Å². The average molecular weight is 290 g/mol. The van der Waals surface area contributed by atoms with Gasteiger partial charge in [-0.25, -0.2) is 13.1 Å². The van der Waals surface area contributed by atoms with Gasteiger partial charge in [0.05, 0.1) is 7.11 Å².